The van der Waals surface area contributed by atoms with Gasteiger partial charge in [-0.25, -0.2) is 8.78 Å². The number of rotatable bonds is 4. The van der Waals surface area contributed by atoms with Gasteiger partial charge in [0.1, 0.15) is 11.6 Å². The zero-order valence-electron chi connectivity index (χ0n) is 10.9. The summed E-state index contributed by atoms with van der Waals surface area (Å²) in [7, 11) is 0. The summed E-state index contributed by atoms with van der Waals surface area (Å²) in [6.07, 6.45) is 0.738. The third-order valence-corrected chi connectivity index (χ3v) is 3.09. The molecule has 0 heterocycles. The molecule has 1 unspecified atom stereocenters. The van der Waals surface area contributed by atoms with Crippen molar-refractivity contribution in [2.45, 2.75) is 25.3 Å². The zero-order chi connectivity index (χ0) is 13.9. The maximum Gasteiger partial charge on any atom is 0.129 e. The maximum atomic E-state index is 13.6. The van der Waals surface area contributed by atoms with Crippen molar-refractivity contribution in [2.75, 3.05) is 0 Å². The van der Waals surface area contributed by atoms with Crippen LogP contribution in [-0.2, 0) is 12.8 Å². The Hall–Kier alpha value is -1.74. The second-order valence-corrected chi connectivity index (χ2v) is 5.19. The molecule has 1 nitrogen and oxygen atoms in total. The molecule has 0 bridgehead atoms. The molecular formula is C16H17F2N. The van der Waals surface area contributed by atoms with Crippen molar-refractivity contribution in [1.29, 1.82) is 0 Å². The van der Waals surface area contributed by atoms with E-state index in [2.05, 4.69) is 0 Å². The lowest BCUT2D eigenvalue weighted by atomic mass is 9.87. The Bertz CT molecular complexity index is 530. The first kappa shape index (κ1) is 13.7. The highest BCUT2D eigenvalue weighted by molar-refractivity contribution is 5.24. The fourth-order valence-electron chi connectivity index (χ4n) is 2.23. The molecule has 0 fully saturated rings. The van der Waals surface area contributed by atoms with Crippen LogP contribution in [0.3, 0.4) is 0 Å². The van der Waals surface area contributed by atoms with Gasteiger partial charge in [-0.3, -0.25) is 0 Å². The number of halogens is 2. The van der Waals surface area contributed by atoms with Gasteiger partial charge in [0.25, 0.3) is 0 Å². The van der Waals surface area contributed by atoms with E-state index in [0.717, 1.165) is 5.56 Å². The summed E-state index contributed by atoms with van der Waals surface area (Å²) in [6, 6.07) is 13.6. The Balaban J connectivity index is 2.17. The highest BCUT2D eigenvalue weighted by atomic mass is 19.1. The normalized spacial score (nSPS) is 14.1. The van der Waals surface area contributed by atoms with Crippen molar-refractivity contribution in [3.05, 3.63) is 71.3 Å². The predicted octanol–water partition coefficient (Wildman–Crippen LogP) is 3.47. The number of benzene rings is 2. The zero-order valence-corrected chi connectivity index (χ0v) is 10.9. The minimum Gasteiger partial charge on any atom is -0.325 e. The van der Waals surface area contributed by atoms with E-state index in [4.69, 9.17) is 5.73 Å². The molecule has 19 heavy (non-hydrogen) atoms. The van der Waals surface area contributed by atoms with Gasteiger partial charge < -0.3 is 5.73 Å². The van der Waals surface area contributed by atoms with E-state index in [1.165, 1.54) is 18.2 Å². The van der Waals surface area contributed by atoms with Crippen LogP contribution in [0, 0.1) is 11.6 Å². The fraction of sp³-hybridized carbons (Fsp3) is 0.250. The van der Waals surface area contributed by atoms with Crippen LogP contribution < -0.4 is 5.73 Å². The van der Waals surface area contributed by atoms with Gasteiger partial charge in [0.2, 0.25) is 0 Å². The van der Waals surface area contributed by atoms with Crippen molar-refractivity contribution < 1.29 is 8.78 Å². The largest absolute Gasteiger partial charge is 0.325 e. The van der Waals surface area contributed by atoms with E-state index in [-0.39, 0.29) is 12.0 Å². The Morgan fingerprint density at radius 2 is 1.47 bits per heavy atom. The second-order valence-electron chi connectivity index (χ2n) is 5.19. The molecule has 2 N–H and O–H groups in total. The Kier molecular flexibility index (Phi) is 3.96. The number of hydrogen-bond donors (Lipinski definition) is 1. The van der Waals surface area contributed by atoms with E-state index in [0.29, 0.717) is 6.42 Å². The SMILES string of the molecule is CC(N)(Cc1ccccc1)Cc1c(F)cccc1F. The van der Waals surface area contributed by atoms with Crippen LogP contribution in [-0.4, -0.2) is 5.54 Å². The summed E-state index contributed by atoms with van der Waals surface area (Å²) in [6.45, 7) is 1.81. The standard InChI is InChI=1S/C16H17F2N/c1-16(19,10-12-6-3-2-4-7-12)11-13-14(17)8-5-9-15(13)18/h2-9H,10-11,19H2,1H3. The van der Waals surface area contributed by atoms with Gasteiger partial charge in [0, 0.05) is 11.1 Å². The molecule has 0 saturated carbocycles. The van der Waals surface area contributed by atoms with Gasteiger partial charge in [0.05, 0.1) is 0 Å². The summed E-state index contributed by atoms with van der Waals surface area (Å²) in [5, 5.41) is 0. The lowest BCUT2D eigenvalue weighted by Gasteiger charge is -2.25. The molecule has 0 saturated heterocycles. The molecule has 1 atom stereocenters. The molecule has 0 aliphatic rings. The molecule has 3 heteroatoms. The predicted molar refractivity (Wildman–Crippen MR) is 72.8 cm³/mol. The third kappa shape index (κ3) is 3.61. The van der Waals surface area contributed by atoms with Gasteiger partial charge in [0.15, 0.2) is 0 Å². The first-order valence-corrected chi connectivity index (χ1v) is 6.24. The summed E-state index contributed by atoms with van der Waals surface area (Å²) in [4.78, 5) is 0. The van der Waals surface area contributed by atoms with Gasteiger partial charge in [-0.05, 0) is 37.5 Å². The molecule has 0 spiro atoms. The number of hydrogen-bond acceptors (Lipinski definition) is 1. The molecule has 0 amide bonds. The van der Waals surface area contributed by atoms with E-state index < -0.39 is 17.2 Å². The Morgan fingerprint density at radius 1 is 0.895 bits per heavy atom. The molecule has 100 valence electrons. The van der Waals surface area contributed by atoms with Crippen LogP contribution in [0.4, 0.5) is 8.78 Å². The van der Waals surface area contributed by atoms with Crippen molar-refractivity contribution in [2.24, 2.45) is 5.73 Å². The summed E-state index contributed by atoms with van der Waals surface area (Å²) in [5.74, 6) is -1.07. The van der Waals surface area contributed by atoms with Gasteiger partial charge >= 0.3 is 0 Å². The van der Waals surface area contributed by atoms with Crippen molar-refractivity contribution in [3.63, 3.8) is 0 Å². The van der Waals surface area contributed by atoms with Crippen LogP contribution in [0.25, 0.3) is 0 Å². The second kappa shape index (κ2) is 5.49. The van der Waals surface area contributed by atoms with Gasteiger partial charge in [-0.2, -0.15) is 0 Å². The topological polar surface area (TPSA) is 26.0 Å². The van der Waals surface area contributed by atoms with E-state index >= 15 is 0 Å². The third-order valence-electron chi connectivity index (χ3n) is 3.09. The van der Waals surface area contributed by atoms with Crippen molar-refractivity contribution >= 4 is 0 Å². The smallest absolute Gasteiger partial charge is 0.129 e. The molecule has 0 radical (unpaired) electrons. The first-order valence-electron chi connectivity index (χ1n) is 6.24. The summed E-state index contributed by atoms with van der Waals surface area (Å²) < 4.78 is 27.2. The molecule has 2 rings (SSSR count). The van der Waals surface area contributed by atoms with Crippen LogP contribution >= 0.6 is 0 Å². The molecule has 0 aromatic heterocycles. The van der Waals surface area contributed by atoms with E-state index in [1.807, 2.05) is 37.3 Å². The monoisotopic (exact) mass is 261 g/mol. The van der Waals surface area contributed by atoms with Crippen LogP contribution in [0.1, 0.15) is 18.1 Å². The molecule has 2 aromatic rings. The summed E-state index contributed by atoms with van der Waals surface area (Å²) in [5.41, 5.74) is 6.61. The van der Waals surface area contributed by atoms with Crippen molar-refractivity contribution in [3.8, 4) is 0 Å². The fourth-order valence-corrected chi connectivity index (χ4v) is 2.23. The van der Waals surface area contributed by atoms with Gasteiger partial charge in [-0.1, -0.05) is 36.4 Å². The summed E-state index contributed by atoms with van der Waals surface area (Å²) >= 11 is 0. The Labute approximate surface area is 112 Å². The average molecular weight is 261 g/mol. The lowest BCUT2D eigenvalue weighted by molar-refractivity contribution is 0.436. The van der Waals surface area contributed by atoms with E-state index in [1.54, 1.807) is 0 Å². The molecular weight excluding hydrogens is 244 g/mol. The first-order chi connectivity index (χ1) is 8.98. The molecule has 0 aliphatic heterocycles. The quantitative estimate of drug-likeness (QED) is 0.896. The van der Waals surface area contributed by atoms with Crippen LogP contribution in [0.2, 0.25) is 0 Å². The Morgan fingerprint density at radius 3 is 2.05 bits per heavy atom. The average Bonchev–Trinajstić information content (AvgIpc) is 2.35. The number of nitrogens with two attached hydrogens (primary N) is 1. The van der Waals surface area contributed by atoms with E-state index in [9.17, 15) is 8.78 Å². The van der Waals surface area contributed by atoms with Crippen LogP contribution in [0.5, 0.6) is 0 Å². The highest BCUT2D eigenvalue weighted by Crippen LogP contribution is 2.20. The maximum absolute atomic E-state index is 13.6. The minimum atomic E-state index is -0.690. The van der Waals surface area contributed by atoms with Gasteiger partial charge in [-0.15, -0.1) is 0 Å². The molecule has 2 aromatic carbocycles. The van der Waals surface area contributed by atoms with Crippen molar-refractivity contribution in [1.82, 2.24) is 0 Å². The van der Waals surface area contributed by atoms with Crippen LogP contribution in [0.15, 0.2) is 48.5 Å². The highest BCUT2D eigenvalue weighted by Gasteiger charge is 2.23. The minimum absolute atomic E-state index is 0.0587. The lowest BCUT2D eigenvalue weighted by Crippen LogP contribution is -2.41. The molecule has 0 aliphatic carbocycles.